The number of nitrogens with one attached hydrogen (secondary N) is 2. The van der Waals surface area contributed by atoms with Gasteiger partial charge in [0, 0.05) is 19.1 Å². The molecule has 1 heterocycles. The monoisotopic (exact) mass is 295 g/mol. The zero-order valence-electron chi connectivity index (χ0n) is 13.9. The highest BCUT2D eigenvalue weighted by Gasteiger charge is 2.21. The van der Waals surface area contributed by atoms with Crippen LogP contribution in [0.2, 0.25) is 0 Å². The van der Waals surface area contributed by atoms with Crippen LogP contribution in [-0.2, 0) is 0 Å². The highest BCUT2D eigenvalue weighted by Crippen LogP contribution is 2.18. The molecule has 2 aliphatic rings. The number of carbonyl (C=O) groups excluding carboxylic acids is 1. The lowest BCUT2D eigenvalue weighted by Crippen LogP contribution is -2.46. The quantitative estimate of drug-likeness (QED) is 0.819. The van der Waals surface area contributed by atoms with Crippen molar-refractivity contribution in [1.82, 2.24) is 15.5 Å². The predicted octanol–water partition coefficient (Wildman–Crippen LogP) is 2.99. The van der Waals surface area contributed by atoms with Crippen molar-refractivity contribution in [2.75, 3.05) is 26.2 Å². The van der Waals surface area contributed by atoms with Gasteiger partial charge in [0.05, 0.1) is 0 Å². The Bertz CT molecular complexity index is 305. The van der Waals surface area contributed by atoms with E-state index in [2.05, 4.69) is 29.4 Å². The van der Waals surface area contributed by atoms with E-state index in [0.29, 0.717) is 12.0 Å². The van der Waals surface area contributed by atoms with Gasteiger partial charge in [-0.2, -0.15) is 0 Å². The molecule has 21 heavy (non-hydrogen) atoms. The molecule has 0 radical (unpaired) electrons. The standard InChI is InChI=1S/C17H33N3O/c1-14(2)13-20-10-8-15(9-11-20)12-18-17(21)19-16-6-4-3-5-7-16/h14-16H,3-13H2,1-2H3,(H2,18,19,21). The molecule has 2 rings (SSSR count). The molecule has 1 aliphatic carbocycles. The Labute approximate surface area is 130 Å². The second-order valence-electron chi connectivity index (χ2n) is 7.33. The van der Waals surface area contributed by atoms with Crippen LogP contribution in [0.15, 0.2) is 0 Å². The largest absolute Gasteiger partial charge is 0.338 e. The third-order valence-corrected chi connectivity index (χ3v) is 4.82. The summed E-state index contributed by atoms with van der Waals surface area (Å²) in [6, 6.07) is 0.457. The lowest BCUT2D eigenvalue weighted by Gasteiger charge is -2.33. The van der Waals surface area contributed by atoms with Gasteiger partial charge in [-0.25, -0.2) is 4.79 Å². The normalized spacial score (nSPS) is 22.4. The molecule has 1 saturated heterocycles. The maximum atomic E-state index is 11.9. The van der Waals surface area contributed by atoms with Crippen LogP contribution in [0.25, 0.3) is 0 Å². The number of hydrogen-bond donors (Lipinski definition) is 2. The minimum absolute atomic E-state index is 0.0477. The number of amides is 2. The Morgan fingerprint density at radius 2 is 1.76 bits per heavy atom. The maximum absolute atomic E-state index is 11.9. The van der Waals surface area contributed by atoms with Gasteiger partial charge >= 0.3 is 6.03 Å². The number of carbonyl (C=O) groups is 1. The van der Waals surface area contributed by atoms with Crippen LogP contribution >= 0.6 is 0 Å². The van der Waals surface area contributed by atoms with Crippen LogP contribution in [0.5, 0.6) is 0 Å². The molecular weight excluding hydrogens is 262 g/mol. The fraction of sp³-hybridized carbons (Fsp3) is 0.941. The van der Waals surface area contributed by atoms with Gasteiger partial charge in [0.15, 0.2) is 0 Å². The van der Waals surface area contributed by atoms with Gasteiger partial charge in [0.2, 0.25) is 0 Å². The van der Waals surface area contributed by atoms with E-state index < -0.39 is 0 Å². The van der Waals surface area contributed by atoms with Crippen molar-refractivity contribution in [3.05, 3.63) is 0 Å². The van der Waals surface area contributed by atoms with Crippen LogP contribution in [-0.4, -0.2) is 43.2 Å². The van der Waals surface area contributed by atoms with Crippen LogP contribution in [0.1, 0.15) is 58.8 Å². The molecule has 4 nitrogen and oxygen atoms in total. The molecule has 122 valence electrons. The van der Waals surface area contributed by atoms with E-state index in [4.69, 9.17) is 0 Å². The van der Waals surface area contributed by atoms with Crippen LogP contribution in [0, 0.1) is 11.8 Å². The average molecular weight is 295 g/mol. The lowest BCUT2D eigenvalue weighted by molar-refractivity contribution is 0.166. The van der Waals surface area contributed by atoms with Crippen LogP contribution < -0.4 is 10.6 Å². The summed E-state index contributed by atoms with van der Waals surface area (Å²) in [6.45, 7) is 8.99. The summed E-state index contributed by atoms with van der Waals surface area (Å²) in [5.41, 5.74) is 0. The first kappa shape index (κ1) is 16.6. The zero-order chi connectivity index (χ0) is 15.1. The number of urea groups is 1. The van der Waals surface area contributed by atoms with E-state index in [0.717, 1.165) is 25.3 Å². The summed E-state index contributed by atoms with van der Waals surface area (Å²) >= 11 is 0. The summed E-state index contributed by atoms with van der Waals surface area (Å²) in [6.07, 6.45) is 8.60. The third kappa shape index (κ3) is 6.25. The van der Waals surface area contributed by atoms with Crippen molar-refractivity contribution in [3.8, 4) is 0 Å². The number of hydrogen-bond acceptors (Lipinski definition) is 2. The highest BCUT2D eigenvalue weighted by atomic mass is 16.2. The Morgan fingerprint density at radius 1 is 1.10 bits per heavy atom. The molecule has 2 fully saturated rings. The van der Waals surface area contributed by atoms with Crippen molar-refractivity contribution in [2.45, 2.75) is 64.8 Å². The fourth-order valence-corrected chi connectivity index (χ4v) is 3.61. The van der Waals surface area contributed by atoms with E-state index in [-0.39, 0.29) is 6.03 Å². The topological polar surface area (TPSA) is 44.4 Å². The number of nitrogens with zero attached hydrogens (tertiary/aromatic N) is 1. The van der Waals surface area contributed by atoms with E-state index in [1.165, 1.54) is 51.7 Å². The van der Waals surface area contributed by atoms with Crippen molar-refractivity contribution < 1.29 is 4.79 Å². The van der Waals surface area contributed by atoms with E-state index in [9.17, 15) is 4.79 Å². The first-order valence-corrected chi connectivity index (χ1v) is 8.90. The molecular formula is C17H33N3O. The van der Waals surface area contributed by atoms with Gasteiger partial charge in [0.1, 0.15) is 0 Å². The average Bonchev–Trinajstić information content (AvgIpc) is 2.47. The van der Waals surface area contributed by atoms with Gasteiger partial charge in [-0.15, -0.1) is 0 Å². The summed E-state index contributed by atoms with van der Waals surface area (Å²) in [5.74, 6) is 1.41. The van der Waals surface area contributed by atoms with Crippen molar-refractivity contribution in [2.24, 2.45) is 11.8 Å². The highest BCUT2D eigenvalue weighted by molar-refractivity contribution is 5.74. The first-order chi connectivity index (χ1) is 10.1. The molecule has 0 unspecified atom stereocenters. The molecule has 0 aromatic heterocycles. The van der Waals surface area contributed by atoms with E-state index >= 15 is 0 Å². The molecule has 2 N–H and O–H groups in total. The molecule has 0 aromatic rings. The van der Waals surface area contributed by atoms with Gasteiger partial charge in [-0.1, -0.05) is 33.1 Å². The Morgan fingerprint density at radius 3 is 2.38 bits per heavy atom. The fourth-order valence-electron chi connectivity index (χ4n) is 3.61. The predicted molar refractivity (Wildman–Crippen MR) is 87.4 cm³/mol. The zero-order valence-corrected chi connectivity index (χ0v) is 13.9. The number of rotatable bonds is 5. The van der Waals surface area contributed by atoms with Crippen LogP contribution in [0.3, 0.4) is 0 Å². The Hall–Kier alpha value is -0.770. The van der Waals surface area contributed by atoms with Gasteiger partial charge in [-0.3, -0.25) is 0 Å². The SMILES string of the molecule is CC(C)CN1CCC(CNC(=O)NC2CCCCC2)CC1. The second-order valence-corrected chi connectivity index (χ2v) is 7.33. The third-order valence-electron chi connectivity index (χ3n) is 4.82. The first-order valence-electron chi connectivity index (χ1n) is 8.90. The minimum atomic E-state index is 0.0477. The molecule has 4 heteroatoms. The smallest absolute Gasteiger partial charge is 0.315 e. The number of piperidine rings is 1. The van der Waals surface area contributed by atoms with Crippen molar-refractivity contribution in [3.63, 3.8) is 0 Å². The Balaban J connectivity index is 1.57. The lowest BCUT2D eigenvalue weighted by atomic mass is 9.95. The van der Waals surface area contributed by atoms with Gasteiger partial charge < -0.3 is 15.5 Å². The summed E-state index contributed by atoms with van der Waals surface area (Å²) in [7, 11) is 0. The minimum Gasteiger partial charge on any atom is -0.338 e. The van der Waals surface area contributed by atoms with Crippen molar-refractivity contribution in [1.29, 1.82) is 0 Å². The van der Waals surface area contributed by atoms with Gasteiger partial charge in [-0.05, 0) is 50.6 Å². The second kappa shape index (κ2) is 8.62. The Kier molecular flexibility index (Phi) is 6.81. The van der Waals surface area contributed by atoms with Crippen LogP contribution in [0.4, 0.5) is 4.79 Å². The molecule has 0 spiro atoms. The molecule has 0 aromatic carbocycles. The molecule has 2 amide bonds. The summed E-state index contributed by atoms with van der Waals surface area (Å²) in [5, 5.41) is 6.22. The molecule has 0 atom stereocenters. The maximum Gasteiger partial charge on any atom is 0.315 e. The summed E-state index contributed by atoms with van der Waals surface area (Å²) in [4.78, 5) is 14.5. The molecule has 1 saturated carbocycles. The summed E-state index contributed by atoms with van der Waals surface area (Å²) < 4.78 is 0. The van der Waals surface area contributed by atoms with Crippen molar-refractivity contribution >= 4 is 6.03 Å². The number of likely N-dealkylation sites (tertiary alicyclic amines) is 1. The van der Waals surface area contributed by atoms with E-state index in [1.807, 2.05) is 0 Å². The van der Waals surface area contributed by atoms with E-state index in [1.54, 1.807) is 0 Å². The van der Waals surface area contributed by atoms with Gasteiger partial charge in [0.25, 0.3) is 0 Å². The molecule has 0 bridgehead atoms. The molecule has 1 aliphatic heterocycles.